The van der Waals surface area contributed by atoms with E-state index in [1.165, 1.54) is 5.57 Å². The number of carboxylic acid groups (broad SMARTS) is 1. The van der Waals surface area contributed by atoms with E-state index in [9.17, 15) is 19.5 Å². The molecule has 0 amide bonds. The zero-order valence-corrected chi connectivity index (χ0v) is 16.3. The second kappa shape index (κ2) is 5.03. The summed E-state index contributed by atoms with van der Waals surface area (Å²) in [6.45, 7) is 6.28. The zero-order valence-electron chi connectivity index (χ0n) is 16.3. The molecule has 8 unspecified atom stereocenters. The van der Waals surface area contributed by atoms with E-state index in [-0.39, 0.29) is 52.4 Å². The number of aliphatic carboxylic acids is 1. The normalized spacial score (nSPS) is 53.1. The molecule has 5 aliphatic carbocycles. The first-order valence-corrected chi connectivity index (χ1v) is 10.3. The van der Waals surface area contributed by atoms with Crippen molar-refractivity contribution in [2.75, 3.05) is 0 Å². The number of cyclic esters (lactones) is 2. The van der Waals surface area contributed by atoms with Crippen molar-refractivity contribution >= 4 is 17.9 Å². The maximum atomic E-state index is 12.7. The number of rotatable bonds is 1. The molecule has 1 spiro atoms. The van der Waals surface area contributed by atoms with Crippen LogP contribution in [0.4, 0.5) is 0 Å². The summed E-state index contributed by atoms with van der Waals surface area (Å²) in [4.78, 5) is 37.3. The third-order valence-corrected chi connectivity index (χ3v) is 9.45. The Bertz CT molecular complexity index is 799. The van der Waals surface area contributed by atoms with E-state index < -0.39 is 11.4 Å². The molecule has 6 rings (SSSR count). The van der Waals surface area contributed by atoms with Crippen molar-refractivity contribution in [3.05, 3.63) is 11.6 Å². The number of allylic oxidation sites excluding steroid dienone is 2. The number of carbonyl (C=O) groups is 3. The van der Waals surface area contributed by atoms with Gasteiger partial charge in [-0.1, -0.05) is 25.0 Å². The van der Waals surface area contributed by atoms with Crippen molar-refractivity contribution in [3.8, 4) is 0 Å². The predicted octanol–water partition coefficient (Wildman–Crippen LogP) is 3.58. The van der Waals surface area contributed by atoms with Crippen molar-refractivity contribution in [3.63, 3.8) is 0 Å². The van der Waals surface area contributed by atoms with Crippen LogP contribution in [0.25, 0.3) is 0 Å². The molecule has 0 aromatic heterocycles. The first-order valence-electron chi connectivity index (χ1n) is 10.3. The first kappa shape index (κ1) is 17.4. The molecule has 27 heavy (non-hydrogen) atoms. The van der Waals surface area contributed by atoms with Gasteiger partial charge < -0.3 is 9.84 Å². The second-order valence-corrected chi connectivity index (χ2v) is 10.3. The summed E-state index contributed by atoms with van der Waals surface area (Å²) in [5.74, 6) is -1.64. The van der Waals surface area contributed by atoms with Gasteiger partial charge in [0.1, 0.15) is 0 Å². The molecule has 1 saturated heterocycles. The lowest BCUT2D eigenvalue weighted by Gasteiger charge is -2.67. The van der Waals surface area contributed by atoms with Crippen molar-refractivity contribution in [2.24, 2.45) is 45.8 Å². The lowest BCUT2D eigenvalue weighted by atomic mass is 9.35. The van der Waals surface area contributed by atoms with E-state index in [4.69, 9.17) is 4.74 Å². The van der Waals surface area contributed by atoms with Crippen molar-refractivity contribution < 1.29 is 24.2 Å². The smallest absolute Gasteiger partial charge is 0.318 e. The third-order valence-electron chi connectivity index (χ3n) is 9.45. The fraction of sp³-hybridized carbons (Fsp3) is 0.773. The van der Waals surface area contributed by atoms with Crippen LogP contribution in [-0.4, -0.2) is 23.0 Å². The van der Waals surface area contributed by atoms with E-state index in [1.807, 2.05) is 6.92 Å². The minimum atomic E-state index is -0.699. The topological polar surface area (TPSA) is 80.7 Å². The molecule has 3 saturated carbocycles. The molecule has 0 aromatic carbocycles. The van der Waals surface area contributed by atoms with Crippen molar-refractivity contribution in [2.45, 2.75) is 59.3 Å². The lowest BCUT2D eigenvalue weighted by molar-refractivity contribution is -0.194. The van der Waals surface area contributed by atoms with Gasteiger partial charge >= 0.3 is 17.9 Å². The molecule has 5 nitrogen and oxygen atoms in total. The number of carbonyl (C=O) groups excluding carboxylic acids is 2. The van der Waals surface area contributed by atoms with Gasteiger partial charge in [0, 0.05) is 5.41 Å². The van der Waals surface area contributed by atoms with E-state index in [0.29, 0.717) is 0 Å². The first-order chi connectivity index (χ1) is 12.6. The fourth-order valence-electron chi connectivity index (χ4n) is 8.40. The minimum Gasteiger partial charge on any atom is -0.481 e. The molecule has 146 valence electrons. The molecule has 1 heterocycles. The van der Waals surface area contributed by atoms with Crippen LogP contribution in [0.3, 0.4) is 0 Å². The molecule has 2 bridgehead atoms. The third kappa shape index (κ3) is 1.84. The Balaban J connectivity index is 1.65. The van der Waals surface area contributed by atoms with E-state index >= 15 is 0 Å². The van der Waals surface area contributed by atoms with Gasteiger partial charge in [-0.25, -0.2) is 0 Å². The summed E-state index contributed by atoms with van der Waals surface area (Å²) in [7, 11) is 0. The molecule has 6 aliphatic rings. The Morgan fingerprint density at radius 1 is 1.15 bits per heavy atom. The highest BCUT2D eigenvalue weighted by Crippen LogP contribution is 2.73. The largest absolute Gasteiger partial charge is 0.481 e. The number of carboxylic acids is 1. The number of hydrogen-bond acceptors (Lipinski definition) is 4. The maximum Gasteiger partial charge on any atom is 0.318 e. The van der Waals surface area contributed by atoms with Crippen LogP contribution in [0.15, 0.2) is 11.6 Å². The highest BCUT2D eigenvalue weighted by atomic mass is 16.6. The van der Waals surface area contributed by atoms with Crippen LogP contribution in [0.1, 0.15) is 59.3 Å². The van der Waals surface area contributed by atoms with Crippen LogP contribution in [0.5, 0.6) is 0 Å². The molecule has 1 aliphatic heterocycles. The summed E-state index contributed by atoms with van der Waals surface area (Å²) in [6, 6.07) is 0. The zero-order chi connectivity index (χ0) is 19.4. The Labute approximate surface area is 159 Å². The molecular formula is C22H28O5. The molecule has 5 heteroatoms. The highest BCUT2D eigenvalue weighted by Gasteiger charge is 2.72. The van der Waals surface area contributed by atoms with Gasteiger partial charge in [0.15, 0.2) is 0 Å². The maximum absolute atomic E-state index is 12.7. The quantitative estimate of drug-likeness (QED) is 0.432. The molecular weight excluding hydrogens is 344 g/mol. The summed E-state index contributed by atoms with van der Waals surface area (Å²) < 4.78 is 5.12. The van der Waals surface area contributed by atoms with Gasteiger partial charge in [-0.05, 0) is 69.1 Å². The van der Waals surface area contributed by atoms with Crippen molar-refractivity contribution in [1.82, 2.24) is 0 Å². The van der Waals surface area contributed by atoms with E-state index in [2.05, 4.69) is 19.9 Å². The average Bonchev–Trinajstić information content (AvgIpc) is 2.90. The average molecular weight is 372 g/mol. The van der Waals surface area contributed by atoms with Crippen LogP contribution >= 0.6 is 0 Å². The Hall–Kier alpha value is -1.65. The number of esters is 2. The molecule has 4 fully saturated rings. The second-order valence-electron chi connectivity index (χ2n) is 10.3. The molecule has 0 radical (unpaired) electrons. The van der Waals surface area contributed by atoms with Gasteiger partial charge in [-0.15, -0.1) is 0 Å². The Morgan fingerprint density at radius 3 is 2.59 bits per heavy atom. The van der Waals surface area contributed by atoms with Gasteiger partial charge in [-0.3, -0.25) is 14.4 Å². The van der Waals surface area contributed by atoms with E-state index in [1.54, 1.807) is 0 Å². The van der Waals surface area contributed by atoms with Crippen LogP contribution in [0, 0.1) is 45.8 Å². The Morgan fingerprint density at radius 2 is 1.89 bits per heavy atom. The van der Waals surface area contributed by atoms with Gasteiger partial charge in [0.25, 0.3) is 0 Å². The fourth-order valence-corrected chi connectivity index (χ4v) is 8.40. The Kier molecular flexibility index (Phi) is 3.25. The summed E-state index contributed by atoms with van der Waals surface area (Å²) in [6.07, 6.45) is 7.41. The van der Waals surface area contributed by atoms with E-state index in [0.717, 1.165) is 38.5 Å². The summed E-state index contributed by atoms with van der Waals surface area (Å²) >= 11 is 0. The van der Waals surface area contributed by atoms with Crippen LogP contribution in [0.2, 0.25) is 0 Å². The van der Waals surface area contributed by atoms with Gasteiger partial charge in [0.2, 0.25) is 0 Å². The van der Waals surface area contributed by atoms with Crippen LogP contribution in [-0.2, 0) is 19.1 Å². The SMILES string of the molecule is CC1=CC23CCC4C(C)(C(=O)O)CCCC4(C)C2CC1C1C(=O)OC(=O)C13. The summed E-state index contributed by atoms with van der Waals surface area (Å²) in [5, 5.41) is 10.0. The predicted molar refractivity (Wildman–Crippen MR) is 96.3 cm³/mol. The number of hydrogen-bond donors (Lipinski definition) is 1. The molecule has 1 N–H and O–H groups in total. The van der Waals surface area contributed by atoms with Gasteiger partial charge in [0.05, 0.1) is 17.3 Å². The molecule has 0 aromatic rings. The van der Waals surface area contributed by atoms with Crippen LogP contribution < -0.4 is 0 Å². The highest BCUT2D eigenvalue weighted by molar-refractivity contribution is 5.98. The number of fused-ring (bicyclic) bond motifs is 1. The number of ether oxygens (including phenoxy) is 1. The van der Waals surface area contributed by atoms with Gasteiger partial charge in [-0.2, -0.15) is 0 Å². The molecule has 8 atom stereocenters. The monoisotopic (exact) mass is 372 g/mol. The lowest BCUT2D eigenvalue weighted by Crippen LogP contribution is -2.64. The summed E-state index contributed by atoms with van der Waals surface area (Å²) in [5.41, 5.74) is 0.0678. The minimum absolute atomic E-state index is 0.0643. The van der Waals surface area contributed by atoms with Crippen molar-refractivity contribution in [1.29, 1.82) is 0 Å². The standard InChI is InChI=1S/C22H28O5/c1-11-10-22-8-5-13-20(2,6-4-7-21(13,3)19(25)26)14(22)9-12(11)15-16(22)18(24)27-17(15)23/h10,12-16H,4-9H2,1-3H3,(H,25,26).